The van der Waals surface area contributed by atoms with Gasteiger partial charge < -0.3 is 0 Å². The molecule has 0 unspecified atom stereocenters. The molecule has 3 amide bonds. The highest BCUT2D eigenvalue weighted by molar-refractivity contribution is 9.12. The number of hydrogen-bond acceptors (Lipinski definition) is 5. The van der Waals surface area contributed by atoms with Gasteiger partial charge in [-0.05, 0) is 42.7 Å². The third-order valence-electron chi connectivity index (χ3n) is 5.93. The van der Waals surface area contributed by atoms with Crippen molar-refractivity contribution in [2.75, 3.05) is 0 Å². The highest BCUT2D eigenvalue weighted by atomic mass is 79.9. The van der Waals surface area contributed by atoms with Crippen molar-refractivity contribution in [2.24, 2.45) is 11.8 Å². The van der Waals surface area contributed by atoms with Crippen molar-refractivity contribution in [1.29, 1.82) is 0 Å². The van der Waals surface area contributed by atoms with Crippen LogP contribution in [0.15, 0.2) is 53.0 Å². The molecule has 1 aliphatic carbocycles. The lowest BCUT2D eigenvalue weighted by atomic mass is 9.81. The van der Waals surface area contributed by atoms with E-state index in [1.165, 1.54) is 24.3 Å². The van der Waals surface area contributed by atoms with Crippen LogP contribution in [0.2, 0.25) is 0 Å². The van der Waals surface area contributed by atoms with E-state index < -0.39 is 34.5 Å². The van der Waals surface area contributed by atoms with Gasteiger partial charge in [-0.25, -0.2) is 5.01 Å². The van der Waals surface area contributed by atoms with E-state index in [0.29, 0.717) is 12.8 Å². The van der Waals surface area contributed by atoms with Gasteiger partial charge in [-0.2, -0.15) is 5.01 Å². The van der Waals surface area contributed by atoms with Gasteiger partial charge in [0.1, 0.15) is 0 Å². The Morgan fingerprint density at radius 3 is 1.97 bits per heavy atom. The first-order chi connectivity index (χ1) is 15.7. The number of nitro groups is 1. The SMILES string of the molecule is O=C(c1ccc([N+](=O)[O-])cc1)N(Cc1ccc(Br)cc1)N1C(=O)[C@@H]2C[C@@H](Br)[C@@H](Br)C[C@H]2C1=O. The topological polar surface area (TPSA) is 101 Å². The van der Waals surface area contributed by atoms with Gasteiger partial charge >= 0.3 is 0 Å². The second kappa shape index (κ2) is 9.63. The molecule has 1 saturated carbocycles. The van der Waals surface area contributed by atoms with E-state index in [1.807, 2.05) is 12.1 Å². The minimum atomic E-state index is -0.584. The molecule has 33 heavy (non-hydrogen) atoms. The number of alkyl halides is 2. The number of non-ortho nitro benzene ring substituents is 1. The summed E-state index contributed by atoms with van der Waals surface area (Å²) in [6.07, 6.45) is 0.971. The van der Waals surface area contributed by atoms with Crippen LogP contribution in [0, 0.1) is 22.0 Å². The zero-order valence-electron chi connectivity index (χ0n) is 17.1. The number of carbonyl (C=O) groups excluding carboxylic acids is 3. The number of hydrogen-bond donors (Lipinski definition) is 0. The van der Waals surface area contributed by atoms with Crippen LogP contribution < -0.4 is 0 Å². The molecule has 8 nitrogen and oxygen atoms in total. The van der Waals surface area contributed by atoms with Crippen LogP contribution >= 0.6 is 47.8 Å². The second-order valence-electron chi connectivity index (χ2n) is 8.00. The van der Waals surface area contributed by atoms with Crippen LogP contribution in [0.1, 0.15) is 28.8 Å². The molecule has 1 heterocycles. The summed E-state index contributed by atoms with van der Waals surface area (Å²) in [6.45, 7) is -0.00446. The smallest absolute Gasteiger partial charge is 0.272 e. The second-order valence-corrected chi connectivity index (χ2v) is 11.3. The summed E-state index contributed by atoms with van der Waals surface area (Å²) in [7, 11) is 0. The molecule has 1 aliphatic heterocycles. The summed E-state index contributed by atoms with van der Waals surface area (Å²) >= 11 is 10.5. The minimum Gasteiger partial charge on any atom is -0.272 e. The van der Waals surface area contributed by atoms with Crippen LogP contribution in [-0.4, -0.2) is 42.3 Å². The van der Waals surface area contributed by atoms with Gasteiger partial charge in [0.05, 0.1) is 23.3 Å². The molecular weight excluding hydrogens is 626 g/mol. The van der Waals surface area contributed by atoms with E-state index in [2.05, 4.69) is 47.8 Å². The van der Waals surface area contributed by atoms with Crippen molar-refractivity contribution < 1.29 is 19.3 Å². The molecule has 0 radical (unpaired) electrons. The van der Waals surface area contributed by atoms with Gasteiger partial charge in [-0.1, -0.05) is 59.9 Å². The van der Waals surface area contributed by atoms with Crippen LogP contribution in [0.5, 0.6) is 0 Å². The molecule has 2 aromatic rings. The zero-order chi connectivity index (χ0) is 23.9. The predicted octanol–water partition coefficient (Wildman–Crippen LogP) is 4.84. The van der Waals surface area contributed by atoms with Gasteiger partial charge in [0.15, 0.2) is 0 Å². The molecule has 2 aliphatic rings. The number of nitro benzene ring substituents is 1. The van der Waals surface area contributed by atoms with E-state index in [4.69, 9.17) is 0 Å². The van der Waals surface area contributed by atoms with Gasteiger partial charge in [-0.15, -0.1) is 0 Å². The Morgan fingerprint density at radius 1 is 0.970 bits per heavy atom. The number of rotatable bonds is 5. The number of amides is 3. The molecule has 11 heteroatoms. The molecule has 0 N–H and O–H groups in total. The third-order valence-corrected chi connectivity index (χ3v) is 9.20. The Labute approximate surface area is 214 Å². The number of fused-ring (bicyclic) bond motifs is 1. The van der Waals surface area contributed by atoms with Crippen LogP contribution in [0.4, 0.5) is 5.69 Å². The van der Waals surface area contributed by atoms with E-state index in [-0.39, 0.29) is 27.4 Å². The average Bonchev–Trinajstić information content (AvgIpc) is 3.02. The Hall–Kier alpha value is -2.11. The normalized spacial score (nSPS) is 24.5. The maximum atomic E-state index is 13.5. The highest BCUT2D eigenvalue weighted by Crippen LogP contribution is 2.44. The fraction of sp³-hybridized carbons (Fsp3) is 0.318. The van der Waals surface area contributed by atoms with E-state index in [9.17, 15) is 24.5 Å². The van der Waals surface area contributed by atoms with Crippen molar-refractivity contribution in [1.82, 2.24) is 10.0 Å². The molecular formula is C22H18Br3N3O5. The van der Waals surface area contributed by atoms with Crippen LogP contribution in [0.3, 0.4) is 0 Å². The average molecular weight is 644 g/mol. The first kappa shape index (κ1) is 24.0. The molecule has 0 spiro atoms. The fourth-order valence-corrected chi connectivity index (χ4v) is 5.69. The van der Waals surface area contributed by atoms with Gasteiger partial charge in [-0.3, -0.25) is 24.5 Å². The molecule has 2 aromatic carbocycles. The Morgan fingerprint density at radius 2 is 1.48 bits per heavy atom. The maximum Gasteiger partial charge on any atom is 0.273 e. The molecule has 2 fully saturated rings. The Kier molecular flexibility index (Phi) is 7.01. The third kappa shape index (κ3) is 4.76. The van der Waals surface area contributed by atoms with Gasteiger partial charge in [0, 0.05) is 31.8 Å². The first-order valence-electron chi connectivity index (χ1n) is 10.1. The van der Waals surface area contributed by atoms with Crippen molar-refractivity contribution in [3.63, 3.8) is 0 Å². The standard InChI is InChI=1S/C22H18Br3N3O5/c23-14-5-1-12(2-6-14)11-26(20(29)13-3-7-15(8-4-13)28(32)33)27-21(30)16-9-18(24)19(25)10-17(16)22(27)31/h1-8,16-19H,9-11H2/t16-,17-,18-,19+/m1/s1. The fourth-order valence-electron chi connectivity index (χ4n) is 4.19. The molecule has 4 atom stereocenters. The summed E-state index contributed by atoms with van der Waals surface area (Å²) in [6, 6.07) is 12.3. The van der Waals surface area contributed by atoms with E-state index >= 15 is 0 Å². The quantitative estimate of drug-likeness (QED) is 0.201. The summed E-state index contributed by atoms with van der Waals surface area (Å²) in [5, 5.41) is 13.1. The zero-order valence-corrected chi connectivity index (χ0v) is 21.8. The maximum absolute atomic E-state index is 13.5. The number of carbonyl (C=O) groups is 3. The van der Waals surface area contributed by atoms with Crippen LogP contribution in [-0.2, 0) is 16.1 Å². The van der Waals surface area contributed by atoms with E-state index in [1.54, 1.807) is 12.1 Å². The van der Waals surface area contributed by atoms with Gasteiger partial charge in [0.2, 0.25) is 0 Å². The van der Waals surface area contributed by atoms with Crippen molar-refractivity contribution in [3.05, 3.63) is 74.2 Å². The summed E-state index contributed by atoms with van der Waals surface area (Å²) in [5.74, 6) is -2.40. The minimum absolute atomic E-state index is 0.00446. The molecule has 4 rings (SSSR count). The van der Waals surface area contributed by atoms with Crippen molar-refractivity contribution in [3.8, 4) is 0 Å². The van der Waals surface area contributed by atoms with Crippen molar-refractivity contribution >= 4 is 71.2 Å². The molecule has 172 valence electrons. The molecule has 0 aromatic heterocycles. The lowest BCUT2D eigenvalue weighted by Gasteiger charge is -2.30. The molecule has 0 bridgehead atoms. The molecule has 1 saturated heterocycles. The lowest BCUT2D eigenvalue weighted by molar-refractivity contribution is -0.384. The van der Waals surface area contributed by atoms with E-state index in [0.717, 1.165) is 20.1 Å². The lowest BCUT2D eigenvalue weighted by Crippen LogP contribution is -2.49. The first-order valence-corrected chi connectivity index (χ1v) is 12.8. The Bertz CT molecular complexity index is 1080. The largest absolute Gasteiger partial charge is 0.273 e. The predicted molar refractivity (Wildman–Crippen MR) is 131 cm³/mol. The van der Waals surface area contributed by atoms with Crippen molar-refractivity contribution in [2.45, 2.75) is 29.0 Å². The number of benzene rings is 2. The monoisotopic (exact) mass is 641 g/mol. The summed E-state index contributed by atoms with van der Waals surface area (Å²) < 4.78 is 0.852. The van der Waals surface area contributed by atoms with Gasteiger partial charge in [0.25, 0.3) is 23.4 Å². The van der Waals surface area contributed by atoms with Crippen LogP contribution in [0.25, 0.3) is 0 Å². The number of imide groups is 1. The number of halogens is 3. The Balaban J connectivity index is 1.70. The summed E-state index contributed by atoms with van der Waals surface area (Å²) in [4.78, 5) is 50.7. The summed E-state index contributed by atoms with van der Waals surface area (Å²) in [5.41, 5.74) is 0.711. The highest BCUT2D eigenvalue weighted by Gasteiger charge is 2.54. The number of nitrogens with zero attached hydrogens (tertiary/aromatic N) is 3. The number of hydrazine groups is 1.